The van der Waals surface area contributed by atoms with Gasteiger partial charge in [0.05, 0.1) is 36.4 Å². The van der Waals surface area contributed by atoms with Gasteiger partial charge in [-0.15, -0.1) is 0 Å². The third-order valence-electron chi connectivity index (χ3n) is 5.95. The van der Waals surface area contributed by atoms with Crippen LogP contribution in [0.2, 0.25) is 0 Å². The zero-order chi connectivity index (χ0) is 20.8. The minimum absolute atomic E-state index is 0.00126. The Kier molecular flexibility index (Phi) is 7.23. The van der Waals surface area contributed by atoms with E-state index in [-0.39, 0.29) is 23.8 Å². The number of nitrogen functional groups attached to an aromatic ring is 1. The third kappa shape index (κ3) is 5.14. The van der Waals surface area contributed by atoms with Crippen LogP contribution in [0.3, 0.4) is 0 Å². The molecule has 7 nitrogen and oxygen atoms in total. The van der Waals surface area contributed by atoms with Crippen LogP contribution in [-0.2, 0) is 19.1 Å². The maximum absolute atomic E-state index is 12.0. The van der Waals surface area contributed by atoms with E-state index in [1.54, 1.807) is 0 Å². The van der Waals surface area contributed by atoms with Gasteiger partial charge in [0.1, 0.15) is 0 Å². The molecule has 7 heteroatoms. The summed E-state index contributed by atoms with van der Waals surface area (Å²) in [7, 11) is 0. The van der Waals surface area contributed by atoms with Crippen molar-refractivity contribution in [3.63, 3.8) is 0 Å². The van der Waals surface area contributed by atoms with Crippen molar-refractivity contribution in [2.24, 2.45) is 11.8 Å². The molecule has 0 unspecified atom stereocenters. The summed E-state index contributed by atoms with van der Waals surface area (Å²) in [5, 5.41) is 0. The van der Waals surface area contributed by atoms with E-state index < -0.39 is 0 Å². The molecule has 160 valence electrons. The fourth-order valence-electron chi connectivity index (χ4n) is 4.25. The van der Waals surface area contributed by atoms with Crippen LogP contribution in [0.15, 0.2) is 18.2 Å². The number of carbonyl (C=O) groups excluding carboxylic acids is 2. The first-order valence-electron chi connectivity index (χ1n) is 10.8. The molecule has 0 amide bonds. The molecule has 2 aliphatic heterocycles. The second kappa shape index (κ2) is 9.85. The number of nitrogens with zero attached hydrogens (tertiary/aromatic N) is 2. The number of anilines is 3. The number of carbonyl (C=O) groups is 2. The highest BCUT2D eigenvalue weighted by Gasteiger charge is 2.28. The molecule has 2 saturated heterocycles. The van der Waals surface area contributed by atoms with E-state index in [1.807, 2.05) is 19.9 Å². The molecule has 2 N–H and O–H groups in total. The summed E-state index contributed by atoms with van der Waals surface area (Å²) in [6.07, 6.45) is 3.19. The van der Waals surface area contributed by atoms with E-state index in [1.165, 1.54) is 0 Å². The molecule has 0 radical (unpaired) electrons. The smallest absolute Gasteiger partial charge is 0.309 e. The topological polar surface area (TPSA) is 85.1 Å². The molecule has 0 aromatic heterocycles. The number of hydrogen-bond acceptors (Lipinski definition) is 7. The van der Waals surface area contributed by atoms with Gasteiger partial charge in [-0.2, -0.15) is 0 Å². The molecular weight excluding hydrogens is 370 g/mol. The quantitative estimate of drug-likeness (QED) is 0.577. The maximum Gasteiger partial charge on any atom is 0.309 e. The Labute approximate surface area is 173 Å². The first-order chi connectivity index (χ1) is 14.0. The lowest BCUT2D eigenvalue weighted by Gasteiger charge is -2.36. The number of nitrogens with two attached hydrogens (primary N) is 1. The van der Waals surface area contributed by atoms with Crippen molar-refractivity contribution in [1.82, 2.24) is 0 Å². The van der Waals surface area contributed by atoms with E-state index in [0.717, 1.165) is 68.9 Å². The lowest BCUT2D eigenvalue weighted by Crippen LogP contribution is -2.38. The molecule has 0 aliphatic carbocycles. The fraction of sp³-hybridized carbons (Fsp3) is 0.636. The van der Waals surface area contributed by atoms with Crippen LogP contribution in [0.5, 0.6) is 0 Å². The third-order valence-corrected chi connectivity index (χ3v) is 5.95. The lowest BCUT2D eigenvalue weighted by atomic mass is 9.95. The first-order valence-corrected chi connectivity index (χ1v) is 10.8. The minimum Gasteiger partial charge on any atom is -0.466 e. The molecule has 0 saturated carbocycles. The van der Waals surface area contributed by atoms with Gasteiger partial charge in [0.15, 0.2) is 0 Å². The van der Waals surface area contributed by atoms with Crippen LogP contribution in [0.4, 0.5) is 17.1 Å². The Morgan fingerprint density at radius 3 is 1.86 bits per heavy atom. The number of ether oxygens (including phenoxy) is 2. The van der Waals surface area contributed by atoms with E-state index in [9.17, 15) is 9.59 Å². The van der Waals surface area contributed by atoms with E-state index in [4.69, 9.17) is 15.2 Å². The average molecular weight is 404 g/mol. The summed E-state index contributed by atoms with van der Waals surface area (Å²) in [6.45, 7) is 7.81. The predicted octanol–water partition coefficient (Wildman–Crippen LogP) is 2.83. The van der Waals surface area contributed by atoms with Crippen LogP contribution in [0.25, 0.3) is 0 Å². The summed E-state index contributed by atoms with van der Waals surface area (Å²) >= 11 is 0. The highest BCUT2D eigenvalue weighted by atomic mass is 16.5. The molecular formula is C22H33N3O4. The van der Waals surface area contributed by atoms with Crippen molar-refractivity contribution in [1.29, 1.82) is 0 Å². The van der Waals surface area contributed by atoms with Crippen molar-refractivity contribution in [3.05, 3.63) is 18.2 Å². The normalized spacial score (nSPS) is 18.6. The monoisotopic (exact) mass is 403 g/mol. The van der Waals surface area contributed by atoms with Gasteiger partial charge in [0.2, 0.25) is 0 Å². The van der Waals surface area contributed by atoms with Gasteiger partial charge in [-0.3, -0.25) is 9.59 Å². The van der Waals surface area contributed by atoms with Crippen LogP contribution in [0, 0.1) is 11.8 Å². The Balaban J connectivity index is 1.61. The van der Waals surface area contributed by atoms with Gasteiger partial charge in [-0.25, -0.2) is 0 Å². The molecule has 2 fully saturated rings. The first kappa shape index (κ1) is 21.3. The van der Waals surface area contributed by atoms with E-state index in [2.05, 4.69) is 21.9 Å². The minimum atomic E-state index is -0.0849. The standard InChI is InChI=1S/C22H33N3O4/c1-3-28-21(26)16-7-11-24(12-8-16)18-5-6-19(23)20(15-18)25-13-9-17(10-14-25)22(27)29-4-2/h5-6,15-17H,3-4,7-14,23H2,1-2H3. The van der Waals surface area contributed by atoms with Gasteiger partial charge in [0, 0.05) is 31.9 Å². The number of piperidine rings is 2. The summed E-state index contributed by atoms with van der Waals surface area (Å²) in [4.78, 5) is 28.5. The summed E-state index contributed by atoms with van der Waals surface area (Å²) in [5.74, 6) is -0.174. The second-order valence-corrected chi connectivity index (χ2v) is 7.77. The van der Waals surface area contributed by atoms with Crippen molar-refractivity contribution >= 4 is 29.0 Å². The number of benzene rings is 1. The van der Waals surface area contributed by atoms with Crippen LogP contribution in [0.1, 0.15) is 39.5 Å². The molecule has 0 bridgehead atoms. The second-order valence-electron chi connectivity index (χ2n) is 7.77. The molecule has 0 spiro atoms. The zero-order valence-corrected chi connectivity index (χ0v) is 17.6. The maximum atomic E-state index is 12.0. The van der Waals surface area contributed by atoms with Gasteiger partial charge in [-0.05, 0) is 57.7 Å². The van der Waals surface area contributed by atoms with Gasteiger partial charge in [-0.1, -0.05) is 0 Å². The molecule has 1 aromatic carbocycles. The van der Waals surface area contributed by atoms with Crippen molar-refractivity contribution in [2.45, 2.75) is 39.5 Å². The summed E-state index contributed by atoms with van der Waals surface area (Å²) in [5.41, 5.74) is 9.18. The van der Waals surface area contributed by atoms with Crippen LogP contribution < -0.4 is 15.5 Å². The van der Waals surface area contributed by atoms with Crippen molar-refractivity contribution in [2.75, 3.05) is 54.9 Å². The molecule has 3 rings (SSSR count). The number of hydrogen-bond donors (Lipinski definition) is 1. The van der Waals surface area contributed by atoms with Crippen molar-refractivity contribution in [3.8, 4) is 0 Å². The lowest BCUT2D eigenvalue weighted by molar-refractivity contribution is -0.149. The van der Waals surface area contributed by atoms with Gasteiger partial charge in [0.25, 0.3) is 0 Å². The van der Waals surface area contributed by atoms with Gasteiger partial charge >= 0.3 is 11.9 Å². The summed E-state index contributed by atoms with van der Waals surface area (Å²) < 4.78 is 10.3. The molecule has 1 aromatic rings. The molecule has 2 heterocycles. The van der Waals surface area contributed by atoms with Crippen LogP contribution in [-0.4, -0.2) is 51.3 Å². The summed E-state index contributed by atoms with van der Waals surface area (Å²) in [6, 6.07) is 6.15. The Hall–Kier alpha value is -2.44. The molecule has 0 atom stereocenters. The van der Waals surface area contributed by atoms with E-state index in [0.29, 0.717) is 13.2 Å². The van der Waals surface area contributed by atoms with Crippen molar-refractivity contribution < 1.29 is 19.1 Å². The SMILES string of the molecule is CCOC(=O)C1CCN(c2ccc(N)c(N3CCC(C(=O)OCC)CC3)c2)CC1. The van der Waals surface area contributed by atoms with Gasteiger partial charge < -0.3 is 25.0 Å². The number of rotatable bonds is 6. The highest BCUT2D eigenvalue weighted by molar-refractivity contribution is 5.76. The molecule has 29 heavy (non-hydrogen) atoms. The highest BCUT2D eigenvalue weighted by Crippen LogP contribution is 2.33. The average Bonchev–Trinajstić information content (AvgIpc) is 2.75. The van der Waals surface area contributed by atoms with E-state index >= 15 is 0 Å². The number of esters is 2. The predicted molar refractivity (Wildman–Crippen MR) is 114 cm³/mol. The van der Waals surface area contributed by atoms with Crippen LogP contribution >= 0.6 is 0 Å². The Morgan fingerprint density at radius 1 is 0.897 bits per heavy atom. The largest absolute Gasteiger partial charge is 0.466 e. The Bertz CT molecular complexity index is 708. The fourth-order valence-corrected chi connectivity index (χ4v) is 4.25. The zero-order valence-electron chi connectivity index (χ0n) is 17.6. The Morgan fingerprint density at radius 2 is 1.38 bits per heavy atom. The molecule has 2 aliphatic rings.